The molecule has 1 saturated carbocycles. The monoisotopic (exact) mass is 290 g/mol. The summed E-state index contributed by atoms with van der Waals surface area (Å²) in [5.74, 6) is 0.0734. The van der Waals surface area contributed by atoms with Crippen LogP contribution in [-0.4, -0.2) is 28.9 Å². The van der Waals surface area contributed by atoms with Crippen molar-refractivity contribution in [1.29, 1.82) is 0 Å². The highest BCUT2D eigenvalue weighted by Gasteiger charge is 2.23. The van der Waals surface area contributed by atoms with Gasteiger partial charge in [-0.25, -0.2) is 0 Å². The van der Waals surface area contributed by atoms with E-state index in [9.17, 15) is 4.79 Å². The van der Waals surface area contributed by atoms with E-state index in [1.165, 1.54) is 19.3 Å². The predicted octanol–water partition coefficient (Wildman–Crippen LogP) is 4.23. The molecule has 1 aromatic heterocycles. The number of aromatic nitrogens is 1. The van der Waals surface area contributed by atoms with Crippen LogP contribution in [0.5, 0.6) is 0 Å². The lowest BCUT2D eigenvalue weighted by Crippen LogP contribution is -2.38. The smallest absolute Gasteiger partial charge is 0.270 e. The maximum Gasteiger partial charge on any atom is 0.270 e. The van der Waals surface area contributed by atoms with Crippen LogP contribution in [0.3, 0.4) is 0 Å². The minimum Gasteiger partial charge on any atom is -0.351 e. The van der Waals surface area contributed by atoms with Gasteiger partial charge in [-0.3, -0.25) is 4.79 Å². The number of carbonyl (C=O) groups excluding carboxylic acids is 1. The number of rotatable bonds is 2. The molecule has 1 aliphatic carbocycles. The largest absolute Gasteiger partial charge is 0.351 e. The first kappa shape index (κ1) is 13.5. The topological polar surface area (TPSA) is 36.1 Å². The summed E-state index contributed by atoms with van der Waals surface area (Å²) in [6.07, 6.45) is 5.99. The van der Waals surface area contributed by atoms with Crippen molar-refractivity contribution in [3.63, 3.8) is 0 Å². The van der Waals surface area contributed by atoms with E-state index in [4.69, 9.17) is 11.6 Å². The van der Waals surface area contributed by atoms with Crippen molar-refractivity contribution >= 4 is 28.4 Å². The molecule has 1 aromatic carbocycles. The van der Waals surface area contributed by atoms with Crippen molar-refractivity contribution in [3.05, 3.63) is 35.0 Å². The van der Waals surface area contributed by atoms with Crippen LogP contribution < -0.4 is 0 Å². The fraction of sp³-hybridized carbons (Fsp3) is 0.438. The first-order valence-electron chi connectivity index (χ1n) is 7.20. The average molecular weight is 291 g/mol. The van der Waals surface area contributed by atoms with Crippen LogP contribution in [0.25, 0.3) is 10.9 Å². The van der Waals surface area contributed by atoms with Gasteiger partial charge in [0.05, 0.1) is 0 Å². The summed E-state index contributed by atoms with van der Waals surface area (Å²) in [4.78, 5) is 17.6. The number of H-pyrrole nitrogens is 1. The van der Waals surface area contributed by atoms with Gasteiger partial charge in [-0.1, -0.05) is 30.9 Å². The highest BCUT2D eigenvalue weighted by Crippen LogP contribution is 2.24. The maximum absolute atomic E-state index is 12.6. The molecule has 2 aromatic rings. The summed E-state index contributed by atoms with van der Waals surface area (Å²) in [6, 6.07) is 7.90. The molecule has 0 aliphatic heterocycles. The Morgan fingerprint density at radius 3 is 2.75 bits per heavy atom. The lowest BCUT2D eigenvalue weighted by Gasteiger charge is -2.30. The number of fused-ring (bicyclic) bond motifs is 1. The highest BCUT2D eigenvalue weighted by molar-refractivity contribution is 6.31. The molecule has 1 N–H and O–H groups in total. The third kappa shape index (κ3) is 2.55. The van der Waals surface area contributed by atoms with E-state index in [1.807, 2.05) is 36.2 Å². The molecule has 1 fully saturated rings. The fourth-order valence-electron chi connectivity index (χ4n) is 3.04. The van der Waals surface area contributed by atoms with Gasteiger partial charge >= 0.3 is 0 Å². The van der Waals surface area contributed by atoms with Gasteiger partial charge in [0.15, 0.2) is 0 Å². The first-order valence-corrected chi connectivity index (χ1v) is 7.58. The minimum absolute atomic E-state index is 0.0734. The number of amides is 1. The molecular formula is C16H19ClN2O. The standard InChI is InChI=1S/C16H19ClN2O/c1-19(13-5-3-2-4-6-13)16(20)15-10-11-9-12(17)7-8-14(11)18-15/h7-10,13,18H,2-6H2,1H3. The van der Waals surface area contributed by atoms with Crippen LogP contribution in [0.2, 0.25) is 5.02 Å². The molecular weight excluding hydrogens is 272 g/mol. The fourth-order valence-corrected chi connectivity index (χ4v) is 3.22. The van der Waals surface area contributed by atoms with E-state index in [0.717, 1.165) is 23.7 Å². The van der Waals surface area contributed by atoms with E-state index < -0.39 is 0 Å². The van der Waals surface area contributed by atoms with Gasteiger partial charge in [0.1, 0.15) is 5.69 Å². The summed E-state index contributed by atoms with van der Waals surface area (Å²) < 4.78 is 0. The van der Waals surface area contributed by atoms with Crippen LogP contribution in [0.15, 0.2) is 24.3 Å². The second kappa shape index (κ2) is 5.49. The predicted molar refractivity (Wildman–Crippen MR) is 82.3 cm³/mol. The molecule has 0 bridgehead atoms. The van der Waals surface area contributed by atoms with Gasteiger partial charge in [0.25, 0.3) is 5.91 Å². The maximum atomic E-state index is 12.6. The molecule has 0 spiro atoms. The van der Waals surface area contributed by atoms with Crippen molar-refractivity contribution in [2.75, 3.05) is 7.05 Å². The number of hydrogen-bond donors (Lipinski definition) is 1. The zero-order chi connectivity index (χ0) is 14.1. The molecule has 106 valence electrons. The zero-order valence-corrected chi connectivity index (χ0v) is 12.4. The van der Waals surface area contributed by atoms with E-state index in [2.05, 4.69) is 4.98 Å². The zero-order valence-electron chi connectivity index (χ0n) is 11.7. The summed E-state index contributed by atoms with van der Waals surface area (Å²) in [5.41, 5.74) is 1.60. The molecule has 0 unspecified atom stereocenters. The van der Waals surface area contributed by atoms with Crippen LogP contribution in [0, 0.1) is 0 Å². The van der Waals surface area contributed by atoms with Crippen molar-refractivity contribution in [3.8, 4) is 0 Å². The summed E-state index contributed by atoms with van der Waals surface area (Å²) in [7, 11) is 1.91. The Labute approximate surface area is 123 Å². The number of hydrogen-bond acceptors (Lipinski definition) is 1. The van der Waals surface area contributed by atoms with Crippen LogP contribution in [0.4, 0.5) is 0 Å². The lowest BCUT2D eigenvalue weighted by molar-refractivity contribution is 0.0691. The third-order valence-corrected chi connectivity index (χ3v) is 4.49. The number of aromatic amines is 1. The summed E-state index contributed by atoms with van der Waals surface area (Å²) in [6.45, 7) is 0. The van der Waals surface area contributed by atoms with Crippen molar-refractivity contribution in [2.24, 2.45) is 0 Å². The number of benzene rings is 1. The lowest BCUT2D eigenvalue weighted by atomic mass is 9.94. The molecule has 4 heteroatoms. The Morgan fingerprint density at radius 2 is 2.00 bits per heavy atom. The van der Waals surface area contributed by atoms with Gasteiger partial charge in [0, 0.05) is 29.0 Å². The third-order valence-electron chi connectivity index (χ3n) is 4.26. The van der Waals surface area contributed by atoms with E-state index in [1.54, 1.807) is 0 Å². The first-order chi connectivity index (χ1) is 9.65. The second-order valence-electron chi connectivity index (χ2n) is 5.62. The molecule has 3 nitrogen and oxygen atoms in total. The Bertz CT molecular complexity index is 628. The van der Waals surface area contributed by atoms with Gasteiger partial charge in [0.2, 0.25) is 0 Å². The molecule has 20 heavy (non-hydrogen) atoms. The molecule has 0 atom stereocenters. The number of nitrogens with zero attached hydrogens (tertiary/aromatic N) is 1. The highest BCUT2D eigenvalue weighted by atomic mass is 35.5. The van der Waals surface area contributed by atoms with E-state index >= 15 is 0 Å². The molecule has 1 heterocycles. The Hall–Kier alpha value is -1.48. The summed E-state index contributed by atoms with van der Waals surface area (Å²) >= 11 is 5.98. The number of halogens is 1. The molecule has 0 saturated heterocycles. The van der Waals surface area contributed by atoms with Crippen molar-refractivity contribution in [1.82, 2.24) is 9.88 Å². The normalized spacial score (nSPS) is 16.5. The number of nitrogens with one attached hydrogen (secondary N) is 1. The Balaban J connectivity index is 1.84. The molecule has 3 rings (SSSR count). The SMILES string of the molecule is CN(C(=O)c1cc2cc(Cl)ccc2[nH]1)C1CCCCC1. The number of carbonyl (C=O) groups is 1. The molecule has 0 radical (unpaired) electrons. The molecule has 1 amide bonds. The van der Waals surface area contributed by atoms with Gasteiger partial charge in [-0.15, -0.1) is 0 Å². The molecule has 1 aliphatic rings. The Kier molecular flexibility index (Phi) is 3.70. The van der Waals surface area contributed by atoms with Crippen molar-refractivity contribution < 1.29 is 4.79 Å². The summed E-state index contributed by atoms with van der Waals surface area (Å²) in [5, 5.41) is 1.68. The van der Waals surface area contributed by atoms with Crippen LogP contribution in [-0.2, 0) is 0 Å². The van der Waals surface area contributed by atoms with Gasteiger partial charge < -0.3 is 9.88 Å². The van der Waals surface area contributed by atoms with E-state index in [0.29, 0.717) is 16.8 Å². The second-order valence-corrected chi connectivity index (χ2v) is 6.06. The van der Waals surface area contributed by atoms with Crippen LogP contribution >= 0.6 is 11.6 Å². The van der Waals surface area contributed by atoms with Gasteiger partial charge in [-0.2, -0.15) is 0 Å². The Morgan fingerprint density at radius 1 is 1.25 bits per heavy atom. The van der Waals surface area contributed by atoms with E-state index in [-0.39, 0.29) is 5.91 Å². The minimum atomic E-state index is 0.0734. The van der Waals surface area contributed by atoms with Crippen LogP contribution in [0.1, 0.15) is 42.6 Å². The quantitative estimate of drug-likeness (QED) is 0.883. The van der Waals surface area contributed by atoms with Gasteiger partial charge in [-0.05, 0) is 37.1 Å². The van der Waals surface area contributed by atoms with Crippen molar-refractivity contribution in [2.45, 2.75) is 38.1 Å². The average Bonchev–Trinajstić information content (AvgIpc) is 2.89.